The molecule has 1 heterocycles. The summed E-state index contributed by atoms with van der Waals surface area (Å²) in [5, 5.41) is 9.11. The number of thioether (sulfide) groups is 1. The lowest BCUT2D eigenvalue weighted by molar-refractivity contribution is -0.117. The highest BCUT2D eigenvalue weighted by atomic mass is 32.2. The van der Waals surface area contributed by atoms with Gasteiger partial charge in [0.15, 0.2) is 5.12 Å². The van der Waals surface area contributed by atoms with Crippen molar-refractivity contribution in [2.75, 3.05) is 24.3 Å². The summed E-state index contributed by atoms with van der Waals surface area (Å²) in [5.41, 5.74) is 0.670. The van der Waals surface area contributed by atoms with Crippen molar-refractivity contribution >= 4 is 34.4 Å². The van der Waals surface area contributed by atoms with Gasteiger partial charge >= 0.3 is 5.97 Å². The zero-order valence-electron chi connectivity index (χ0n) is 12.4. The molecule has 1 aromatic carbocycles. The van der Waals surface area contributed by atoms with Crippen LogP contribution >= 0.6 is 11.8 Å². The Kier molecular flexibility index (Phi) is 5.07. The third-order valence-electron chi connectivity index (χ3n) is 3.45. The number of benzene rings is 1. The zero-order chi connectivity index (χ0) is 16.3. The van der Waals surface area contributed by atoms with Crippen LogP contribution in [0.25, 0.3) is 0 Å². The van der Waals surface area contributed by atoms with Gasteiger partial charge in [-0.05, 0) is 18.1 Å². The molecule has 1 aromatic rings. The summed E-state index contributed by atoms with van der Waals surface area (Å²) < 4.78 is 5.08. The summed E-state index contributed by atoms with van der Waals surface area (Å²) in [6, 6.07) is 4.59. The number of anilines is 1. The molecule has 0 aliphatic carbocycles. The molecule has 0 radical (unpaired) electrons. The SMILES string of the molecule is COc1cc(N2CC(CSC(C)=O)CC2=O)ccc1C(=O)O. The first-order valence-electron chi connectivity index (χ1n) is 6.77. The summed E-state index contributed by atoms with van der Waals surface area (Å²) in [7, 11) is 1.39. The summed E-state index contributed by atoms with van der Waals surface area (Å²) in [6.45, 7) is 2.03. The maximum atomic E-state index is 12.1. The second-order valence-electron chi connectivity index (χ2n) is 5.07. The number of nitrogens with zero attached hydrogens (tertiary/aromatic N) is 1. The van der Waals surface area contributed by atoms with E-state index in [1.807, 2.05) is 0 Å². The summed E-state index contributed by atoms with van der Waals surface area (Å²) in [4.78, 5) is 35.8. The first-order valence-corrected chi connectivity index (χ1v) is 7.76. The molecule has 1 N–H and O–H groups in total. The normalized spacial score (nSPS) is 17.6. The van der Waals surface area contributed by atoms with Gasteiger partial charge in [0.25, 0.3) is 0 Å². The molecule has 1 saturated heterocycles. The molecule has 0 spiro atoms. The van der Waals surface area contributed by atoms with Gasteiger partial charge in [-0.1, -0.05) is 11.8 Å². The number of rotatable bonds is 5. The number of hydrogen-bond donors (Lipinski definition) is 1. The standard InChI is InChI=1S/C15H17NO5S/c1-9(17)22-8-10-5-14(18)16(7-10)11-3-4-12(15(19)20)13(6-11)21-2/h3-4,6,10H,5,7-8H2,1-2H3,(H,19,20). The van der Waals surface area contributed by atoms with E-state index in [1.54, 1.807) is 17.0 Å². The van der Waals surface area contributed by atoms with Crippen LogP contribution in [0, 0.1) is 5.92 Å². The Labute approximate surface area is 132 Å². The Morgan fingerprint density at radius 1 is 1.45 bits per heavy atom. The highest BCUT2D eigenvalue weighted by molar-refractivity contribution is 8.13. The molecule has 1 unspecified atom stereocenters. The van der Waals surface area contributed by atoms with Gasteiger partial charge in [-0.15, -0.1) is 0 Å². The Bertz CT molecular complexity index is 616. The van der Waals surface area contributed by atoms with E-state index in [4.69, 9.17) is 9.84 Å². The molecule has 1 fully saturated rings. The van der Waals surface area contributed by atoms with Crippen molar-refractivity contribution in [2.45, 2.75) is 13.3 Å². The molecule has 0 saturated carbocycles. The van der Waals surface area contributed by atoms with Gasteiger partial charge in [0.2, 0.25) is 5.91 Å². The van der Waals surface area contributed by atoms with Gasteiger partial charge < -0.3 is 14.7 Å². The van der Waals surface area contributed by atoms with E-state index in [2.05, 4.69) is 0 Å². The number of hydrogen-bond acceptors (Lipinski definition) is 5. The molecule has 118 valence electrons. The Morgan fingerprint density at radius 3 is 2.77 bits per heavy atom. The summed E-state index contributed by atoms with van der Waals surface area (Å²) in [6.07, 6.45) is 0.392. The van der Waals surface area contributed by atoms with Crippen LogP contribution in [-0.2, 0) is 9.59 Å². The minimum Gasteiger partial charge on any atom is -0.496 e. The molecule has 0 aromatic heterocycles. The van der Waals surface area contributed by atoms with Crippen molar-refractivity contribution in [3.05, 3.63) is 23.8 Å². The molecule has 22 heavy (non-hydrogen) atoms. The molecule has 1 aliphatic heterocycles. The van der Waals surface area contributed by atoms with Crippen molar-refractivity contribution in [1.82, 2.24) is 0 Å². The lowest BCUT2D eigenvalue weighted by Crippen LogP contribution is -2.25. The van der Waals surface area contributed by atoms with Crippen LogP contribution in [0.3, 0.4) is 0 Å². The fourth-order valence-corrected chi connectivity index (χ4v) is 3.10. The van der Waals surface area contributed by atoms with Crippen molar-refractivity contribution in [3.8, 4) is 5.75 Å². The van der Waals surface area contributed by atoms with Crippen LogP contribution < -0.4 is 9.64 Å². The highest BCUT2D eigenvalue weighted by Crippen LogP contribution is 2.31. The van der Waals surface area contributed by atoms with Gasteiger partial charge in [0, 0.05) is 37.4 Å². The third kappa shape index (κ3) is 3.59. The van der Waals surface area contributed by atoms with Crippen molar-refractivity contribution in [1.29, 1.82) is 0 Å². The van der Waals surface area contributed by atoms with Crippen LogP contribution in [0.5, 0.6) is 5.75 Å². The van der Waals surface area contributed by atoms with E-state index in [0.29, 0.717) is 24.4 Å². The predicted molar refractivity (Wildman–Crippen MR) is 83.6 cm³/mol. The third-order valence-corrected chi connectivity index (χ3v) is 4.50. The van der Waals surface area contributed by atoms with Crippen molar-refractivity contribution in [3.63, 3.8) is 0 Å². The fraction of sp³-hybridized carbons (Fsp3) is 0.400. The second-order valence-corrected chi connectivity index (χ2v) is 6.26. The van der Waals surface area contributed by atoms with Gasteiger partial charge in [0.1, 0.15) is 11.3 Å². The average Bonchev–Trinajstić information content (AvgIpc) is 2.85. The van der Waals surface area contributed by atoms with Gasteiger partial charge in [-0.3, -0.25) is 9.59 Å². The molecule has 0 bridgehead atoms. The van der Waals surface area contributed by atoms with Crippen LogP contribution in [-0.4, -0.2) is 41.5 Å². The summed E-state index contributed by atoms with van der Waals surface area (Å²) >= 11 is 1.22. The molecule has 6 nitrogen and oxygen atoms in total. The zero-order valence-corrected chi connectivity index (χ0v) is 13.2. The predicted octanol–water partition coefficient (Wildman–Crippen LogP) is 2.03. The highest BCUT2D eigenvalue weighted by Gasteiger charge is 2.31. The fourth-order valence-electron chi connectivity index (χ4n) is 2.40. The number of amides is 1. The van der Waals surface area contributed by atoms with Crippen LogP contribution in [0.1, 0.15) is 23.7 Å². The van der Waals surface area contributed by atoms with Crippen LogP contribution in [0.4, 0.5) is 5.69 Å². The minimum atomic E-state index is -1.08. The summed E-state index contributed by atoms with van der Waals surface area (Å²) in [5.74, 6) is -0.154. The molecule has 2 rings (SSSR count). The van der Waals surface area contributed by atoms with E-state index < -0.39 is 5.97 Å². The van der Waals surface area contributed by atoms with Crippen LogP contribution in [0.2, 0.25) is 0 Å². The molecule has 1 amide bonds. The van der Waals surface area contributed by atoms with E-state index >= 15 is 0 Å². The lowest BCUT2D eigenvalue weighted by Gasteiger charge is -2.18. The lowest BCUT2D eigenvalue weighted by atomic mass is 10.1. The number of carboxylic acids is 1. The smallest absolute Gasteiger partial charge is 0.339 e. The maximum absolute atomic E-state index is 12.1. The quantitative estimate of drug-likeness (QED) is 0.892. The molecule has 7 heteroatoms. The number of ether oxygens (including phenoxy) is 1. The first-order chi connectivity index (χ1) is 10.4. The second kappa shape index (κ2) is 6.83. The Hall–Kier alpha value is -2.02. The Balaban J connectivity index is 2.16. The van der Waals surface area contributed by atoms with E-state index in [9.17, 15) is 14.4 Å². The number of methoxy groups -OCH3 is 1. The van der Waals surface area contributed by atoms with Gasteiger partial charge in [0.05, 0.1) is 7.11 Å². The maximum Gasteiger partial charge on any atom is 0.339 e. The number of aromatic carboxylic acids is 1. The van der Waals surface area contributed by atoms with Crippen molar-refractivity contribution < 1.29 is 24.2 Å². The average molecular weight is 323 g/mol. The largest absolute Gasteiger partial charge is 0.496 e. The van der Waals surface area contributed by atoms with E-state index in [1.165, 1.54) is 31.9 Å². The monoisotopic (exact) mass is 323 g/mol. The molecule has 1 atom stereocenters. The number of carbonyl (C=O) groups is 3. The van der Waals surface area contributed by atoms with E-state index in [-0.39, 0.29) is 28.3 Å². The van der Waals surface area contributed by atoms with Crippen molar-refractivity contribution in [2.24, 2.45) is 5.92 Å². The molecular weight excluding hydrogens is 306 g/mol. The van der Waals surface area contributed by atoms with Crippen LogP contribution in [0.15, 0.2) is 18.2 Å². The topological polar surface area (TPSA) is 83.9 Å². The number of carbonyl (C=O) groups excluding carboxylic acids is 2. The van der Waals surface area contributed by atoms with Gasteiger partial charge in [-0.2, -0.15) is 0 Å². The first kappa shape index (κ1) is 16.4. The van der Waals surface area contributed by atoms with E-state index in [0.717, 1.165) is 0 Å². The molecule has 1 aliphatic rings. The number of carboxylic acid groups (broad SMARTS) is 1. The minimum absolute atomic E-state index is 0.0284. The van der Waals surface area contributed by atoms with Gasteiger partial charge in [-0.25, -0.2) is 4.79 Å². The Morgan fingerprint density at radius 2 is 2.18 bits per heavy atom. The molecular formula is C15H17NO5S.